The lowest BCUT2D eigenvalue weighted by Crippen LogP contribution is -2.27. The van der Waals surface area contributed by atoms with E-state index >= 15 is 0 Å². The quantitative estimate of drug-likeness (QED) is 0.652. The van der Waals surface area contributed by atoms with Gasteiger partial charge in [-0.1, -0.05) is 0 Å². The van der Waals surface area contributed by atoms with Gasteiger partial charge < -0.3 is 5.32 Å². The molecular weight excluding hydrogens is 196 g/mol. The Kier molecular flexibility index (Phi) is 3.00. The van der Waals surface area contributed by atoms with Gasteiger partial charge in [-0.3, -0.25) is 19.8 Å². The molecule has 78 valence electrons. The summed E-state index contributed by atoms with van der Waals surface area (Å²) in [6, 6.07) is 0. The molecule has 7 heteroatoms. The summed E-state index contributed by atoms with van der Waals surface area (Å²) in [6.07, 6.45) is -2.58. The van der Waals surface area contributed by atoms with Crippen LogP contribution in [0.3, 0.4) is 0 Å². The number of anilines is 1. The Balaban J connectivity index is 3.01. The molecule has 0 spiro atoms. The van der Waals surface area contributed by atoms with Crippen molar-refractivity contribution in [3.63, 3.8) is 0 Å². The van der Waals surface area contributed by atoms with E-state index in [0.717, 1.165) is 0 Å². The smallest absolute Gasteiger partial charge is 0.286 e. The minimum atomic E-state index is -2.58. The largest absolute Gasteiger partial charge is 0.374 e. The van der Waals surface area contributed by atoms with Crippen LogP contribution in [0.25, 0.3) is 0 Å². The van der Waals surface area contributed by atoms with Gasteiger partial charge in [0.25, 0.3) is 17.5 Å². The lowest BCUT2D eigenvalue weighted by molar-refractivity contribution is 0.163. The second kappa shape index (κ2) is 4.03. The normalized spacial score (nSPS) is 10.6. The van der Waals surface area contributed by atoms with E-state index in [9.17, 15) is 18.4 Å². The molecule has 0 aliphatic carbocycles. The average molecular weight is 205 g/mol. The SMILES string of the molecule is Cc1c(NCC(F)F)c(=O)[nH][nH]c1=O. The first-order valence-corrected chi connectivity index (χ1v) is 3.86. The van der Waals surface area contributed by atoms with E-state index in [2.05, 4.69) is 10.4 Å². The summed E-state index contributed by atoms with van der Waals surface area (Å²) in [5, 5.41) is 6.32. The van der Waals surface area contributed by atoms with E-state index < -0.39 is 24.1 Å². The zero-order valence-electron chi connectivity index (χ0n) is 7.36. The Hall–Kier alpha value is -1.66. The highest BCUT2D eigenvalue weighted by molar-refractivity contribution is 5.46. The first kappa shape index (κ1) is 10.4. The van der Waals surface area contributed by atoms with Gasteiger partial charge in [-0.15, -0.1) is 0 Å². The minimum absolute atomic E-state index is 0.0920. The van der Waals surface area contributed by atoms with Gasteiger partial charge in [0.15, 0.2) is 0 Å². The monoisotopic (exact) mass is 205 g/mol. The molecule has 1 heterocycles. The van der Waals surface area contributed by atoms with Crippen LogP contribution in [0.1, 0.15) is 5.56 Å². The highest BCUT2D eigenvalue weighted by atomic mass is 19.3. The number of rotatable bonds is 3. The molecule has 0 saturated heterocycles. The van der Waals surface area contributed by atoms with Gasteiger partial charge in [-0.05, 0) is 6.92 Å². The van der Waals surface area contributed by atoms with Crippen molar-refractivity contribution >= 4 is 5.69 Å². The molecule has 0 unspecified atom stereocenters. The first-order valence-electron chi connectivity index (χ1n) is 3.86. The summed E-state index contributed by atoms with van der Waals surface area (Å²) in [5.41, 5.74) is -1.16. The van der Waals surface area contributed by atoms with E-state index in [1.54, 1.807) is 0 Å². The fourth-order valence-electron chi connectivity index (χ4n) is 0.946. The Morgan fingerprint density at radius 1 is 1.29 bits per heavy atom. The third kappa shape index (κ3) is 2.18. The molecule has 0 atom stereocenters. The molecule has 14 heavy (non-hydrogen) atoms. The molecule has 0 amide bonds. The highest BCUT2D eigenvalue weighted by Gasteiger charge is 2.09. The van der Waals surface area contributed by atoms with Gasteiger partial charge in [-0.25, -0.2) is 8.78 Å². The average Bonchev–Trinajstić information content (AvgIpc) is 2.11. The molecule has 0 saturated carbocycles. The summed E-state index contributed by atoms with van der Waals surface area (Å²) in [7, 11) is 0. The third-order valence-electron chi connectivity index (χ3n) is 1.67. The second-order valence-electron chi connectivity index (χ2n) is 2.68. The Labute approximate surface area is 77.1 Å². The highest BCUT2D eigenvalue weighted by Crippen LogP contribution is 2.02. The van der Waals surface area contributed by atoms with E-state index in [1.807, 2.05) is 5.10 Å². The van der Waals surface area contributed by atoms with Crippen molar-refractivity contribution in [2.45, 2.75) is 13.3 Å². The third-order valence-corrected chi connectivity index (χ3v) is 1.67. The van der Waals surface area contributed by atoms with E-state index in [-0.39, 0.29) is 11.3 Å². The summed E-state index contributed by atoms with van der Waals surface area (Å²) < 4.78 is 23.6. The van der Waals surface area contributed by atoms with Gasteiger partial charge in [0.1, 0.15) is 5.69 Å². The Morgan fingerprint density at radius 2 is 1.86 bits per heavy atom. The Morgan fingerprint density at radius 3 is 2.43 bits per heavy atom. The number of aromatic nitrogens is 2. The molecule has 0 aromatic carbocycles. The second-order valence-corrected chi connectivity index (χ2v) is 2.68. The van der Waals surface area contributed by atoms with Crippen molar-refractivity contribution in [3.8, 4) is 0 Å². The van der Waals surface area contributed by atoms with Crippen LogP contribution < -0.4 is 16.4 Å². The van der Waals surface area contributed by atoms with Crippen molar-refractivity contribution in [3.05, 3.63) is 26.3 Å². The summed E-state index contributed by atoms with van der Waals surface area (Å²) in [5.74, 6) is 0. The van der Waals surface area contributed by atoms with Crippen molar-refractivity contribution < 1.29 is 8.78 Å². The van der Waals surface area contributed by atoms with E-state index in [0.29, 0.717) is 0 Å². The van der Waals surface area contributed by atoms with Crippen LogP contribution >= 0.6 is 0 Å². The van der Waals surface area contributed by atoms with Crippen LogP contribution in [0.5, 0.6) is 0 Å². The topological polar surface area (TPSA) is 77.8 Å². The number of halogens is 2. The van der Waals surface area contributed by atoms with Crippen LogP contribution in [-0.4, -0.2) is 23.2 Å². The predicted molar refractivity (Wildman–Crippen MR) is 46.9 cm³/mol. The number of hydrogen-bond acceptors (Lipinski definition) is 3. The maximum atomic E-state index is 11.8. The van der Waals surface area contributed by atoms with Crippen LogP contribution in [0.4, 0.5) is 14.5 Å². The molecule has 5 nitrogen and oxygen atoms in total. The summed E-state index contributed by atoms with van der Waals surface area (Å²) >= 11 is 0. The van der Waals surface area contributed by atoms with Crippen LogP contribution in [0.2, 0.25) is 0 Å². The lowest BCUT2D eigenvalue weighted by Gasteiger charge is -2.05. The molecule has 0 fully saturated rings. The van der Waals surface area contributed by atoms with Gasteiger partial charge in [0.2, 0.25) is 0 Å². The summed E-state index contributed by atoms with van der Waals surface area (Å²) in [6.45, 7) is 0.718. The van der Waals surface area contributed by atoms with E-state index in [1.165, 1.54) is 6.92 Å². The Bertz CT molecular complexity index is 424. The molecule has 0 aliphatic heterocycles. The summed E-state index contributed by atoms with van der Waals surface area (Å²) in [4.78, 5) is 22.1. The van der Waals surface area contributed by atoms with Gasteiger partial charge in [-0.2, -0.15) is 0 Å². The van der Waals surface area contributed by atoms with Gasteiger partial charge in [0, 0.05) is 5.56 Å². The molecule has 1 rings (SSSR count). The van der Waals surface area contributed by atoms with Crippen molar-refractivity contribution in [2.24, 2.45) is 0 Å². The van der Waals surface area contributed by atoms with E-state index in [4.69, 9.17) is 0 Å². The van der Waals surface area contributed by atoms with Gasteiger partial charge in [0.05, 0.1) is 6.54 Å². The van der Waals surface area contributed by atoms with Gasteiger partial charge >= 0.3 is 0 Å². The minimum Gasteiger partial charge on any atom is -0.374 e. The number of nitrogens with one attached hydrogen (secondary N) is 3. The van der Waals surface area contributed by atoms with Crippen molar-refractivity contribution in [1.82, 2.24) is 10.2 Å². The standard InChI is InChI=1S/C7H9F2N3O2/c1-3-5(10-2-4(8)9)7(14)12-11-6(3)13/h4H,2H2,1H3,(H,12,14)(H2,10,11,13). The number of alkyl halides is 2. The van der Waals surface area contributed by atoms with Crippen LogP contribution in [0, 0.1) is 6.92 Å². The fourth-order valence-corrected chi connectivity index (χ4v) is 0.946. The molecule has 3 N–H and O–H groups in total. The lowest BCUT2D eigenvalue weighted by atomic mass is 10.3. The van der Waals surface area contributed by atoms with Crippen LogP contribution in [-0.2, 0) is 0 Å². The molecule has 0 aliphatic rings. The molecule has 0 radical (unpaired) electrons. The maximum absolute atomic E-state index is 11.8. The molecule has 1 aromatic heterocycles. The van der Waals surface area contributed by atoms with Crippen molar-refractivity contribution in [1.29, 1.82) is 0 Å². The first-order chi connectivity index (χ1) is 6.52. The zero-order valence-corrected chi connectivity index (χ0v) is 7.36. The number of H-pyrrole nitrogens is 2. The molecule has 1 aromatic rings. The maximum Gasteiger partial charge on any atom is 0.286 e. The fraction of sp³-hybridized carbons (Fsp3) is 0.429. The predicted octanol–water partition coefficient (Wildman–Crippen LogP) is 0.0486. The van der Waals surface area contributed by atoms with Crippen LogP contribution in [0.15, 0.2) is 9.59 Å². The number of aromatic amines is 2. The van der Waals surface area contributed by atoms with Crippen molar-refractivity contribution in [2.75, 3.05) is 11.9 Å². The number of hydrogen-bond donors (Lipinski definition) is 3. The zero-order chi connectivity index (χ0) is 10.7. The molecular formula is C7H9F2N3O2. The molecule has 0 bridgehead atoms.